The van der Waals surface area contributed by atoms with Crippen molar-refractivity contribution in [3.8, 4) is 11.1 Å². The Kier molecular flexibility index (Phi) is 4.12. The number of hydrogen-bond donors (Lipinski definition) is 2. The van der Waals surface area contributed by atoms with E-state index >= 15 is 0 Å². The third kappa shape index (κ3) is 3.28. The molecule has 0 aliphatic heterocycles. The van der Waals surface area contributed by atoms with Crippen molar-refractivity contribution in [3.63, 3.8) is 0 Å². The number of nitrogens with one attached hydrogen (secondary N) is 2. The number of anilines is 2. The topological polar surface area (TPSA) is 88.4 Å². The summed E-state index contributed by atoms with van der Waals surface area (Å²) in [5.74, 6) is 0.389. The number of pyridine rings is 1. The Bertz CT molecular complexity index is 973. The van der Waals surface area contributed by atoms with Crippen LogP contribution in [0.4, 0.5) is 11.6 Å². The maximum Gasteiger partial charge on any atom is 0.249 e. The zero-order valence-corrected chi connectivity index (χ0v) is 14.4. The number of rotatable bonds is 5. The molecule has 132 valence electrons. The van der Waals surface area contributed by atoms with Gasteiger partial charge in [0.2, 0.25) is 17.8 Å². The molecule has 1 fully saturated rings. The van der Waals surface area contributed by atoms with Gasteiger partial charge in [0.15, 0.2) is 5.65 Å². The molecule has 1 aliphatic rings. The summed E-state index contributed by atoms with van der Waals surface area (Å²) in [6.07, 6.45) is 4.11. The van der Waals surface area contributed by atoms with E-state index in [-0.39, 0.29) is 17.7 Å². The van der Waals surface area contributed by atoms with E-state index in [1.54, 1.807) is 10.7 Å². The van der Waals surface area contributed by atoms with Crippen molar-refractivity contribution in [2.24, 2.45) is 5.92 Å². The van der Waals surface area contributed by atoms with Crippen molar-refractivity contribution in [1.29, 1.82) is 0 Å². The van der Waals surface area contributed by atoms with Gasteiger partial charge in [-0.05, 0) is 42.7 Å². The third-order valence-electron chi connectivity index (χ3n) is 4.35. The highest BCUT2D eigenvalue weighted by Gasteiger charge is 2.30. The second-order valence-corrected chi connectivity index (χ2v) is 6.37. The minimum atomic E-state index is -0.0200. The quantitative estimate of drug-likeness (QED) is 0.741. The molecule has 2 heterocycles. The van der Waals surface area contributed by atoms with Crippen molar-refractivity contribution in [1.82, 2.24) is 14.6 Å². The fourth-order valence-electron chi connectivity index (χ4n) is 2.72. The normalized spacial score (nSPS) is 13.6. The molecule has 1 aliphatic carbocycles. The molecular weight excluding hydrogens is 330 g/mol. The molecule has 4 rings (SSSR count). The van der Waals surface area contributed by atoms with Crippen LogP contribution in [0.15, 0.2) is 42.6 Å². The van der Waals surface area contributed by atoms with Crippen LogP contribution in [-0.2, 0) is 9.59 Å². The molecular formula is C19H19N5O2. The van der Waals surface area contributed by atoms with E-state index in [2.05, 4.69) is 20.7 Å². The van der Waals surface area contributed by atoms with E-state index in [0.29, 0.717) is 18.0 Å². The summed E-state index contributed by atoms with van der Waals surface area (Å²) >= 11 is 0. The first-order valence-corrected chi connectivity index (χ1v) is 8.70. The first-order chi connectivity index (χ1) is 12.6. The fraction of sp³-hybridized carbons (Fsp3) is 0.263. The lowest BCUT2D eigenvalue weighted by molar-refractivity contribution is -0.117. The number of nitrogens with zero attached hydrogens (tertiary/aromatic N) is 3. The lowest BCUT2D eigenvalue weighted by Gasteiger charge is -2.06. The molecule has 0 radical (unpaired) electrons. The number of benzene rings is 1. The van der Waals surface area contributed by atoms with Crippen LogP contribution in [0.3, 0.4) is 0 Å². The predicted octanol–water partition coefficient (Wildman–Crippen LogP) is 3.09. The van der Waals surface area contributed by atoms with Gasteiger partial charge >= 0.3 is 0 Å². The molecule has 0 saturated heterocycles. The number of amides is 2. The Labute approximate surface area is 150 Å². The van der Waals surface area contributed by atoms with Gasteiger partial charge in [-0.25, -0.2) is 4.52 Å². The van der Waals surface area contributed by atoms with E-state index in [9.17, 15) is 9.59 Å². The van der Waals surface area contributed by atoms with Crippen LogP contribution in [-0.4, -0.2) is 26.4 Å². The Morgan fingerprint density at radius 3 is 2.62 bits per heavy atom. The number of carbonyl (C=O) groups excluding carboxylic acids is 2. The lowest BCUT2D eigenvalue weighted by atomic mass is 10.1. The van der Waals surface area contributed by atoms with Gasteiger partial charge in [0.05, 0.1) is 0 Å². The zero-order chi connectivity index (χ0) is 18.1. The van der Waals surface area contributed by atoms with Crippen LogP contribution in [0.25, 0.3) is 16.8 Å². The van der Waals surface area contributed by atoms with Crippen molar-refractivity contribution >= 4 is 29.1 Å². The molecule has 3 aromatic rings. The fourth-order valence-corrected chi connectivity index (χ4v) is 2.72. The van der Waals surface area contributed by atoms with Crippen molar-refractivity contribution < 1.29 is 9.59 Å². The average molecular weight is 349 g/mol. The van der Waals surface area contributed by atoms with Gasteiger partial charge in [-0.15, -0.1) is 5.10 Å². The highest BCUT2D eigenvalue weighted by molar-refractivity contribution is 5.93. The predicted molar refractivity (Wildman–Crippen MR) is 98.7 cm³/mol. The lowest BCUT2D eigenvalue weighted by Crippen LogP contribution is -2.14. The number of hydrogen-bond acceptors (Lipinski definition) is 4. The van der Waals surface area contributed by atoms with Gasteiger partial charge in [0, 0.05) is 29.8 Å². The van der Waals surface area contributed by atoms with Gasteiger partial charge in [-0.3, -0.25) is 14.9 Å². The number of carbonyl (C=O) groups is 2. The van der Waals surface area contributed by atoms with Gasteiger partial charge in [-0.1, -0.05) is 19.1 Å². The van der Waals surface area contributed by atoms with Crippen LogP contribution in [0.5, 0.6) is 0 Å². The summed E-state index contributed by atoms with van der Waals surface area (Å²) in [5, 5.41) is 9.94. The van der Waals surface area contributed by atoms with Crippen LogP contribution < -0.4 is 10.6 Å². The molecule has 1 saturated carbocycles. The Morgan fingerprint density at radius 1 is 1.15 bits per heavy atom. The van der Waals surface area contributed by atoms with E-state index < -0.39 is 0 Å². The van der Waals surface area contributed by atoms with E-state index in [1.165, 1.54) is 0 Å². The summed E-state index contributed by atoms with van der Waals surface area (Å²) in [5.41, 5.74) is 3.29. The van der Waals surface area contributed by atoms with Crippen molar-refractivity contribution in [2.75, 3.05) is 10.6 Å². The van der Waals surface area contributed by atoms with Crippen LogP contribution in [0.2, 0.25) is 0 Å². The monoisotopic (exact) mass is 349 g/mol. The highest BCUT2D eigenvalue weighted by Crippen LogP contribution is 2.30. The molecule has 0 spiro atoms. The molecule has 0 unspecified atom stereocenters. The van der Waals surface area contributed by atoms with Crippen molar-refractivity contribution in [2.45, 2.75) is 26.2 Å². The molecule has 2 aromatic heterocycles. The number of aromatic nitrogens is 3. The summed E-state index contributed by atoms with van der Waals surface area (Å²) in [4.78, 5) is 27.9. The van der Waals surface area contributed by atoms with Gasteiger partial charge < -0.3 is 5.32 Å². The Hall–Kier alpha value is -3.22. The first-order valence-electron chi connectivity index (χ1n) is 8.70. The van der Waals surface area contributed by atoms with Crippen LogP contribution in [0.1, 0.15) is 26.2 Å². The smallest absolute Gasteiger partial charge is 0.249 e. The minimum Gasteiger partial charge on any atom is -0.326 e. The third-order valence-corrected chi connectivity index (χ3v) is 4.35. The SMILES string of the molecule is CCC(=O)Nc1ccc(-c2cccn3nc(NC(=O)C4CC4)nc23)cc1. The number of fused-ring (bicyclic) bond motifs is 1. The standard InChI is InChI=1S/C19H19N5O2/c1-2-16(25)20-14-9-7-12(8-10-14)15-4-3-11-24-17(15)21-19(23-24)22-18(26)13-5-6-13/h3-4,7-11,13H,2,5-6H2,1H3,(H,20,25)(H,22,23,26). The molecule has 26 heavy (non-hydrogen) atoms. The summed E-state index contributed by atoms with van der Waals surface area (Å²) in [7, 11) is 0. The molecule has 1 aromatic carbocycles. The molecule has 0 atom stereocenters. The highest BCUT2D eigenvalue weighted by atomic mass is 16.2. The van der Waals surface area contributed by atoms with E-state index in [1.807, 2.05) is 43.3 Å². The molecule has 2 N–H and O–H groups in total. The minimum absolute atomic E-state index is 0.0153. The Morgan fingerprint density at radius 2 is 1.92 bits per heavy atom. The summed E-state index contributed by atoms with van der Waals surface area (Å²) in [6, 6.07) is 11.4. The molecule has 7 heteroatoms. The van der Waals surface area contributed by atoms with Crippen LogP contribution in [0, 0.1) is 5.92 Å². The van der Waals surface area contributed by atoms with Gasteiger partial charge in [0.1, 0.15) is 0 Å². The maximum atomic E-state index is 11.9. The maximum absolute atomic E-state index is 11.9. The molecule has 7 nitrogen and oxygen atoms in total. The Balaban J connectivity index is 1.62. The second-order valence-electron chi connectivity index (χ2n) is 6.37. The van der Waals surface area contributed by atoms with Crippen LogP contribution >= 0.6 is 0 Å². The van der Waals surface area contributed by atoms with Gasteiger partial charge in [0.25, 0.3) is 0 Å². The second kappa shape index (κ2) is 6.59. The largest absolute Gasteiger partial charge is 0.326 e. The van der Waals surface area contributed by atoms with Gasteiger partial charge in [-0.2, -0.15) is 4.98 Å². The molecule has 0 bridgehead atoms. The van der Waals surface area contributed by atoms with E-state index in [0.717, 1.165) is 29.7 Å². The van der Waals surface area contributed by atoms with Crippen molar-refractivity contribution in [3.05, 3.63) is 42.6 Å². The van der Waals surface area contributed by atoms with E-state index in [4.69, 9.17) is 0 Å². The summed E-state index contributed by atoms with van der Waals surface area (Å²) < 4.78 is 1.66. The first kappa shape index (κ1) is 16.3. The summed E-state index contributed by atoms with van der Waals surface area (Å²) in [6.45, 7) is 1.81. The zero-order valence-electron chi connectivity index (χ0n) is 14.4. The molecule has 2 amide bonds. The average Bonchev–Trinajstić information content (AvgIpc) is 3.42.